The first kappa shape index (κ1) is 25.2. The molecule has 0 bridgehead atoms. The molecular formula is C24H39ClO4Si. The average Bonchev–Trinajstić information content (AvgIpc) is 2.71. The third-order valence-corrected chi connectivity index (χ3v) is 7.56. The Hall–Kier alpha value is -1.01. The summed E-state index contributed by atoms with van der Waals surface area (Å²) in [7, 11) is -1.11. The van der Waals surface area contributed by atoms with E-state index < -0.39 is 8.07 Å². The number of benzene rings is 1. The maximum Gasteiger partial charge on any atom is 0.199 e. The van der Waals surface area contributed by atoms with Crippen molar-refractivity contribution in [1.29, 1.82) is 0 Å². The zero-order valence-electron chi connectivity index (χ0n) is 19.6. The SMILES string of the molecule is C/C(=C/Cc1cc(OC2CCCCO2)c(C)c(C)c1OCOCC[Si](C)(C)C)CCl. The van der Waals surface area contributed by atoms with E-state index in [9.17, 15) is 0 Å². The molecule has 1 aromatic rings. The van der Waals surface area contributed by atoms with E-state index in [0.717, 1.165) is 78.7 Å². The van der Waals surface area contributed by atoms with E-state index in [4.69, 9.17) is 30.5 Å². The van der Waals surface area contributed by atoms with Crippen molar-refractivity contribution < 1.29 is 18.9 Å². The van der Waals surface area contributed by atoms with Crippen LogP contribution in [0.4, 0.5) is 0 Å². The molecule has 0 saturated carbocycles. The second-order valence-corrected chi connectivity index (χ2v) is 15.3. The Kier molecular flexibility index (Phi) is 10.2. The molecule has 1 heterocycles. The molecule has 0 aliphatic carbocycles. The zero-order chi connectivity index (χ0) is 22.1. The van der Waals surface area contributed by atoms with Gasteiger partial charge >= 0.3 is 0 Å². The van der Waals surface area contributed by atoms with Crippen LogP contribution in [0.2, 0.25) is 25.7 Å². The summed E-state index contributed by atoms with van der Waals surface area (Å²) in [6, 6.07) is 3.22. The molecule has 1 aromatic carbocycles. The number of hydrogen-bond donors (Lipinski definition) is 0. The fraction of sp³-hybridized carbons (Fsp3) is 0.667. The standard InChI is InChI=1S/C24H39ClO4Si/c1-18(16-25)10-11-21-15-22(29-23-9-7-8-12-27-23)19(2)20(3)24(21)28-17-26-13-14-30(4,5)6/h10,15,23H,7-9,11-14,16-17H2,1-6H3/b18-10-. The molecule has 4 nitrogen and oxygen atoms in total. The van der Waals surface area contributed by atoms with Crippen molar-refractivity contribution >= 4 is 19.7 Å². The number of hydrogen-bond acceptors (Lipinski definition) is 4. The Bertz CT molecular complexity index is 706. The molecular weight excluding hydrogens is 416 g/mol. The van der Waals surface area contributed by atoms with Gasteiger partial charge in [-0.15, -0.1) is 11.6 Å². The molecule has 6 heteroatoms. The Morgan fingerprint density at radius 2 is 2.00 bits per heavy atom. The monoisotopic (exact) mass is 454 g/mol. The molecule has 1 atom stereocenters. The first-order valence-electron chi connectivity index (χ1n) is 11.0. The third-order valence-electron chi connectivity index (χ3n) is 5.43. The molecule has 1 fully saturated rings. The van der Waals surface area contributed by atoms with Crippen LogP contribution in [-0.2, 0) is 15.9 Å². The summed E-state index contributed by atoms with van der Waals surface area (Å²) >= 11 is 5.97. The quantitative estimate of drug-likeness (QED) is 0.124. The molecule has 1 aliphatic rings. The fourth-order valence-electron chi connectivity index (χ4n) is 3.23. The van der Waals surface area contributed by atoms with Gasteiger partial charge in [0.15, 0.2) is 13.1 Å². The van der Waals surface area contributed by atoms with Crippen LogP contribution in [0.3, 0.4) is 0 Å². The Morgan fingerprint density at radius 1 is 1.23 bits per heavy atom. The summed E-state index contributed by atoms with van der Waals surface area (Å²) in [5, 5.41) is 0. The molecule has 30 heavy (non-hydrogen) atoms. The predicted octanol–water partition coefficient (Wildman–Crippen LogP) is 6.63. The van der Waals surface area contributed by atoms with E-state index in [1.54, 1.807) is 0 Å². The molecule has 2 rings (SSSR count). The van der Waals surface area contributed by atoms with Gasteiger partial charge in [-0.25, -0.2) is 0 Å². The lowest BCUT2D eigenvalue weighted by molar-refractivity contribution is -0.106. The Balaban J connectivity index is 2.16. The van der Waals surface area contributed by atoms with E-state index in [1.807, 2.05) is 6.92 Å². The highest BCUT2D eigenvalue weighted by Gasteiger charge is 2.20. The van der Waals surface area contributed by atoms with Crippen molar-refractivity contribution in [2.75, 3.05) is 25.9 Å². The molecule has 0 aromatic heterocycles. The lowest BCUT2D eigenvalue weighted by Gasteiger charge is -2.26. The van der Waals surface area contributed by atoms with Gasteiger partial charge in [-0.1, -0.05) is 31.3 Å². The van der Waals surface area contributed by atoms with Crippen molar-refractivity contribution in [2.24, 2.45) is 0 Å². The highest BCUT2D eigenvalue weighted by molar-refractivity contribution is 6.76. The van der Waals surface area contributed by atoms with Gasteiger partial charge in [-0.05, 0) is 63.3 Å². The Morgan fingerprint density at radius 3 is 2.63 bits per heavy atom. The van der Waals surface area contributed by atoms with E-state index >= 15 is 0 Å². The normalized spacial score (nSPS) is 17.8. The molecule has 0 spiro atoms. The summed E-state index contributed by atoms with van der Waals surface area (Å²) < 4.78 is 23.9. The van der Waals surface area contributed by atoms with E-state index in [2.05, 4.69) is 45.6 Å². The summed E-state index contributed by atoms with van der Waals surface area (Å²) in [5.41, 5.74) is 4.40. The van der Waals surface area contributed by atoms with Crippen molar-refractivity contribution in [3.05, 3.63) is 34.4 Å². The van der Waals surface area contributed by atoms with Crippen LogP contribution >= 0.6 is 11.6 Å². The second-order valence-electron chi connectivity index (χ2n) is 9.40. The minimum Gasteiger partial charge on any atom is -0.467 e. The second kappa shape index (κ2) is 12.1. The largest absolute Gasteiger partial charge is 0.467 e. The van der Waals surface area contributed by atoms with Gasteiger partial charge in [-0.2, -0.15) is 0 Å². The average molecular weight is 455 g/mol. The summed E-state index contributed by atoms with van der Waals surface area (Å²) in [5.74, 6) is 2.29. The minimum atomic E-state index is -1.11. The topological polar surface area (TPSA) is 36.9 Å². The van der Waals surface area contributed by atoms with Crippen LogP contribution in [0.5, 0.6) is 11.5 Å². The van der Waals surface area contributed by atoms with Crippen molar-refractivity contribution in [3.63, 3.8) is 0 Å². The van der Waals surface area contributed by atoms with Gasteiger partial charge in [0.25, 0.3) is 0 Å². The van der Waals surface area contributed by atoms with E-state index in [0.29, 0.717) is 5.88 Å². The number of allylic oxidation sites excluding steroid dienone is 2. The zero-order valence-corrected chi connectivity index (χ0v) is 21.4. The summed E-state index contributed by atoms with van der Waals surface area (Å²) in [6.07, 6.45) is 5.91. The van der Waals surface area contributed by atoms with Crippen LogP contribution < -0.4 is 9.47 Å². The van der Waals surface area contributed by atoms with Gasteiger partial charge < -0.3 is 18.9 Å². The highest BCUT2D eigenvalue weighted by Crippen LogP contribution is 2.35. The first-order chi connectivity index (χ1) is 14.2. The number of alkyl halides is 1. The fourth-order valence-corrected chi connectivity index (χ4v) is 4.09. The Labute approximate surface area is 188 Å². The molecule has 0 N–H and O–H groups in total. The van der Waals surface area contributed by atoms with Crippen LogP contribution in [0.25, 0.3) is 0 Å². The predicted molar refractivity (Wildman–Crippen MR) is 128 cm³/mol. The molecule has 0 amide bonds. The number of rotatable bonds is 11. The maximum absolute atomic E-state index is 6.23. The van der Waals surface area contributed by atoms with Gasteiger partial charge in [0.05, 0.1) is 6.61 Å². The van der Waals surface area contributed by atoms with Crippen molar-refractivity contribution in [2.45, 2.75) is 78.4 Å². The molecule has 170 valence electrons. The van der Waals surface area contributed by atoms with Gasteiger partial charge in [0.2, 0.25) is 0 Å². The molecule has 1 saturated heterocycles. The number of ether oxygens (including phenoxy) is 4. The smallest absolute Gasteiger partial charge is 0.199 e. The minimum absolute atomic E-state index is 0.165. The third kappa shape index (κ3) is 8.25. The summed E-state index contributed by atoms with van der Waals surface area (Å²) in [4.78, 5) is 0. The van der Waals surface area contributed by atoms with Gasteiger partial charge in [-0.3, -0.25) is 0 Å². The lowest BCUT2D eigenvalue weighted by atomic mass is 10.00. The lowest BCUT2D eigenvalue weighted by Crippen LogP contribution is -2.25. The highest BCUT2D eigenvalue weighted by atomic mass is 35.5. The summed E-state index contributed by atoms with van der Waals surface area (Å²) in [6.45, 7) is 15.0. The van der Waals surface area contributed by atoms with Crippen molar-refractivity contribution in [1.82, 2.24) is 0 Å². The van der Waals surface area contributed by atoms with E-state index in [1.165, 1.54) is 0 Å². The van der Waals surface area contributed by atoms with E-state index in [-0.39, 0.29) is 13.1 Å². The van der Waals surface area contributed by atoms with Crippen LogP contribution in [0.1, 0.15) is 42.9 Å². The maximum atomic E-state index is 6.23. The van der Waals surface area contributed by atoms with Gasteiger partial charge in [0.1, 0.15) is 11.5 Å². The van der Waals surface area contributed by atoms with Gasteiger partial charge in [0, 0.05) is 32.5 Å². The van der Waals surface area contributed by atoms with Crippen LogP contribution in [-0.4, -0.2) is 40.3 Å². The number of halogens is 1. The van der Waals surface area contributed by atoms with Crippen LogP contribution in [0.15, 0.2) is 17.7 Å². The molecule has 1 unspecified atom stereocenters. The molecule has 1 aliphatic heterocycles. The molecule has 0 radical (unpaired) electrons. The van der Waals surface area contributed by atoms with Crippen LogP contribution in [0, 0.1) is 13.8 Å². The first-order valence-corrected chi connectivity index (χ1v) is 15.3. The van der Waals surface area contributed by atoms with Crippen molar-refractivity contribution in [3.8, 4) is 11.5 Å².